The van der Waals surface area contributed by atoms with Gasteiger partial charge in [0, 0.05) is 19.6 Å². The van der Waals surface area contributed by atoms with Crippen molar-refractivity contribution in [2.75, 3.05) is 32.7 Å². The van der Waals surface area contributed by atoms with Crippen LogP contribution in [-0.4, -0.2) is 49.8 Å². The molecule has 3 nitrogen and oxygen atoms in total. The van der Waals surface area contributed by atoms with Crippen molar-refractivity contribution in [1.29, 1.82) is 0 Å². The van der Waals surface area contributed by atoms with Crippen molar-refractivity contribution in [1.82, 2.24) is 10.2 Å². The van der Waals surface area contributed by atoms with Gasteiger partial charge in [-0.15, -0.1) is 0 Å². The highest BCUT2D eigenvalue weighted by Crippen LogP contribution is 2.17. The van der Waals surface area contributed by atoms with Gasteiger partial charge in [-0.2, -0.15) is 0 Å². The van der Waals surface area contributed by atoms with Gasteiger partial charge in [0.05, 0.1) is 12.2 Å². The zero-order chi connectivity index (χ0) is 10.7. The Morgan fingerprint density at radius 3 is 2.60 bits per heavy atom. The number of nitrogens with one attached hydrogen (secondary N) is 1. The highest BCUT2D eigenvalue weighted by molar-refractivity contribution is 4.77. The first-order valence-electron chi connectivity index (χ1n) is 6.32. The predicted octanol–water partition coefficient (Wildman–Crippen LogP) is 1.10. The topological polar surface area (TPSA) is 24.5 Å². The molecule has 0 aromatic rings. The molecule has 0 amide bonds. The molecule has 2 aliphatic rings. The molecule has 0 radical (unpaired) electrons. The minimum absolute atomic E-state index is 0.382. The molecule has 3 heteroatoms. The summed E-state index contributed by atoms with van der Waals surface area (Å²) in [5.41, 5.74) is 0. The maximum Gasteiger partial charge on any atom is 0.0830 e. The fourth-order valence-electron chi connectivity index (χ4n) is 2.51. The summed E-state index contributed by atoms with van der Waals surface area (Å²) in [6, 6.07) is 0. The lowest BCUT2D eigenvalue weighted by molar-refractivity contribution is -0.0455. The van der Waals surface area contributed by atoms with Gasteiger partial charge in [-0.05, 0) is 38.8 Å². The van der Waals surface area contributed by atoms with Gasteiger partial charge in [0.2, 0.25) is 0 Å². The Bertz CT molecular complexity index is 190. The molecule has 2 atom stereocenters. The molecule has 0 aromatic heterocycles. The summed E-state index contributed by atoms with van der Waals surface area (Å²) in [6.07, 6.45) is 3.50. The van der Waals surface area contributed by atoms with Gasteiger partial charge in [-0.3, -0.25) is 0 Å². The molecular weight excluding hydrogens is 188 g/mol. The monoisotopic (exact) mass is 212 g/mol. The van der Waals surface area contributed by atoms with Crippen LogP contribution in [0, 0.1) is 5.92 Å². The molecule has 0 saturated carbocycles. The van der Waals surface area contributed by atoms with E-state index in [-0.39, 0.29) is 0 Å². The van der Waals surface area contributed by atoms with Crippen LogP contribution < -0.4 is 5.32 Å². The smallest absolute Gasteiger partial charge is 0.0830 e. The number of hydrogen-bond donors (Lipinski definition) is 1. The van der Waals surface area contributed by atoms with Crippen LogP contribution in [0.1, 0.15) is 26.7 Å². The minimum atomic E-state index is 0.382. The van der Waals surface area contributed by atoms with Crippen molar-refractivity contribution < 1.29 is 4.74 Å². The Morgan fingerprint density at radius 2 is 1.93 bits per heavy atom. The second kappa shape index (κ2) is 5.28. The summed E-state index contributed by atoms with van der Waals surface area (Å²) in [5.74, 6) is 0.922. The molecule has 1 N–H and O–H groups in total. The summed E-state index contributed by atoms with van der Waals surface area (Å²) >= 11 is 0. The van der Waals surface area contributed by atoms with E-state index in [2.05, 4.69) is 24.1 Å². The summed E-state index contributed by atoms with van der Waals surface area (Å²) in [6.45, 7) is 10.2. The SMILES string of the molecule is CC1CCN(C[C@@H]2CNC[C@@H](C)O2)CC1. The van der Waals surface area contributed by atoms with E-state index in [1.807, 2.05) is 0 Å². The van der Waals surface area contributed by atoms with E-state index >= 15 is 0 Å². The third kappa shape index (κ3) is 3.44. The first kappa shape index (κ1) is 11.4. The Balaban J connectivity index is 1.71. The number of ether oxygens (including phenoxy) is 1. The molecule has 0 bridgehead atoms. The molecule has 2 heterocycles. The highest BCUT2D eigenvalue weighted by Gasteiger charge is 2.23. The number of likely N-dealkylation sites (tertiary alicyclic amines) is 1. The zero-order valence-corrected chi connectivity index (χ0v) is 10.0. The maximum absolute atomic E-state index is 5.91. The van der Waals surface area contributed by atoms with Crippen LogP contribution >= 0.6 is 0 Å². The van der Waals surface area contributed by atoms with E-state index in [4.69, 9.17) is 4.74 Å². The fourth-order valence-corrected chi connectivity index (χ4v) is 2.51. The maximum atomic E-state index is 5.91. The van der Waals surface area contributed by atoms with Crippen molar-refractivity contribution >= 4 is 0 Å². The lowest BCUT2D eigenvalue weighted by atomic mass is 9.99. The average Bonchev–Trinajstić information content (AvgIpc) is 2.22. The standard InChI is InChI=1S/C12H24N2O/c1-10-3-5-14(6-4-10)9-12-8-13-7-11(2)15-12/h10-13H,3-9H2,1-2H3/t11-,12+/m1/s1. The van der Waals surface area contributed by atoms with Crippen molar-refractivity contribution in [2.24, 2.45) is 5.92 Å². The second-order valence-corrected chi connectivity index (χ2v) is 5.21. The number of hydrogen-bond acceptors (Lipinski definition) is 3. The molecule has 2 aliphatic heterocycles. The van der Waals surface area contributed by atoms with E-state index in [9.17, 15) is 0 Å². The summed E-state index contributed by atoms with van der Waals surface area (Å²) in [4.78, 5) is 2.56. The Morgan fingerprint density at radius 1 is 1.20 bits per heavy atom. The number of nitrogens with zero attached hydrogens (tertiary/aromatic N) is 1. The third-order valence-electron chi connectivity index (χ3n) is 3.57. The van der Waals surface area contributed by atoms with Crippen LogP contribution in [0.25, 0.3) is 0 Å². The van der Waals surface area contributed by atoms with Crippen molar-refractivity contribution in [3.63, 3.8) is 0 Å². The molecular formula is C12H24N2O. The van der Waals surface area contributed by atoms with Crippen LogP contribution in [0.4, 0.5) is 0 Å². The van der Waals surface area contributed by atoms with Crippen LogP contribution in [0.15, 0.2) is 0 Å². The summed E-state index contributed by atoms with van der Waals surface area (Å²) < 4.78 is 5.91. The van der Waals surface area contributed by atoms with Gasteiger partial charge >= 0.3 is 0 Å². The van der Waals surface area contributed by atoms with Crippen LogP contribution in [0.3, 0.4) is 0 Å². The lowest BCUT2D eigenvalue weighted by Gasteiger charge is -2.36. The summed E-state index contributed by atoms with van der Waals surface area (Å²) in [5, 5.41) is 3.43. The Kier molecular flexibility index (Phi) is 4.00. The van der Waals surface area contributed by atoms with E-state index in [1.165, 1.54) is 25.9 Å². The van der Waals surface area contributed by atoms with Crippen LogP contribution in [0.5, 0.6) is 0 Å². The fraction of sp³-hybridized carbons (Fsp3) is 1.00. The molecule has 2 fully saturated rings. The van der Waals surface area contributed by atoms with Crippen molar-refractivity contribution in [3.05, 3.63) is 0 Å². The molecule has 15 heavy (non-hydrogen) atoms. The Labute approximate surface area is 93.2 Å². The molecule has 88 valence electrons. The van der Waals surface area contributed by atoms with E-state index in [0.717, 1.165) is 25.6 Å². The number of rotatable bonds is 2. The zero-order valence-electron chi connectivity index (χ0n) is 10.0. The van der Waals surface area contributed by atoms with Gasteiger partial charge in [0.25, 0.3) is 0 Å². The Hall–Kier alpha value is -0.120. The van der Waals surface area contributed by atoms with E-state index in [0.29, 0.717) is 12.2 Å². The number of morpholine rings is 1. The van der Waals surface area contributed by atoms with Crippen LogP contribution in [-0.2, 0) is 4.74 Å². The molecule has 0 unspecified atom stereocenters. The molecule has 2 rings (SSSR count). The van der Waals surface area contributed by atoms with Gasteiger partial charge < -0.3 is 15.0 Å². The summed E-state index contributed by atoms with van der Waals surface area (Å²) in [7, 11) is 0. The van der Waals surface area contributed by atoms with E-state index in [1.54, 1.807) is 0 Å². The highest BCUT2D eigenvalue weighted by atomic mass is 16.5. The van der Waals surface area contributed by atoms with Crippen LogP contribution in [0.2, 0.25) is 0 Å². The third-order valence-corrected chi connectivity index (χ3v) is 3.57. The molecule has 0 aromatic carbocycles. The number of piperidine rings is 1. The first-order valence-corrected chi connectivity index (χ1v) is 6.32. The lowest BCUT2D eigenvalue weighted by Crippen LogP contribution is -2.49. The van der Waals surface area contributed by atoms with Gasteiger partial charge in [0.1, 0.15) is 0 Å². The first-order chi connectivity index (χ1) is 7.24. The van der Waals surface area contributed by atoms with E-state index < -0.39 is 0 Å². The molecule has 2 saturated heterocycles. The minimum Gasteiger partial charge on any atom is -0.371 e. The van der Waals surface area contributed by atoms with Gasteiger partial charge in [-0.25, -0.2) is 0 Å². The van der Waals surface area contributed by atoms with Gasteiger partial charge in [-0.1, -0.05) is 6.92 Å². The van der Waals surface area contributed by atoms with Crippen molar-refractivity contribution in [3.8, 4) is 0 Å². The quantitative estimate of drug-likeness (QED) is 0.742. The van der Waals surface area contributed by atoms with Gasteiger partial charge in [0.15, 0.2) is 0 Å². The normalized spacial score (nSPS) is 35.6. The average molecular weight is 212 g/mol. The predicted molar refractivity (Wildman–Crippen MR) is 62.0 cm³/mol. The largest absolute Gasteiger partial charge is 0.371 e. The molecule has 0 aliphatic carbocycles. The second-order valence-electron chi connectivity index (χ2n) is 5.21. The molecule has 0 spiro atoms. The van der Waals surface area contributed by atoms with Crippen molar-refractivity contribution in [2.45, 2.75) is 38.9 Å².